The molecule has 19 heavy (non-hydrogen) atoms. The molecule has 0 aliphatic carbocycles. The van der Waals surface area contributed by atoms with Crippen molar-refractivity contribution >= 4 is 64.1 Å². The maximum absolute atomic E-state index is 11.0. The van der Waals surface area contributed by atoms with Crippen LogP contribution in [0.15, 0.2) is 0 Å². The van der Waals surface area contributed by atoms with Gasteiger partial charge in [-0.3, -0.25) is 4.79 Å². The van der Waals surface area contributed by atoms with Crippen molar-refractivity contribution < 1.29 is 14.7 Å². The van der Waals surface area contributed by atoms with Crippen LogP contribution in [0.25, 0.3) is 0 Å². The Morgan fingerprint density at radius 1 is 1.32 bits per heavy atom. The molecule has 0 heterocycles. The Labute approximate surface area is 131 Å². The lowest BCUT2D eigenvalue weighted by Gasteiger charge is -2.21. The van der Waals surface area contributed by atoms with Gasteiger partial charge in [0, 0.05) is 24.2 Å². The molecule has 0 rings (SSSR count). The van der Waals surface area contributed by atoms with Crippen molar-refractivity contribution in [3.8, 4) is 0 Å². The molecule has 0 saturated heterocycles. The summed E-state index contributed by atoms with van der Waals surface area (Å²) in [6.07, 6.45) is 0. The molecule has 0 aliphatic rings. The first-order valence-corrected chi connectivity index (χ1v) is 8.92. The van der Waals surface area contributed by atoms with E-state index in [1.807, 2.05) is 17.6 Å². The highest BCUT2D eigenvalue weighted by Gasteiger charge is 2.20. The van der Waals surface area contributed by atoms with Crippen molar-refractivity contribution in [1.82, 2.24) is 9.03 Å². The van der Waals surface area contributed by atoms with E-state index in [0.29, 0.717) is 4.32 Å². The molecule has 0 aromatic heterocycles. The summed E-state index contributed by atoms with van der Waals surface area (Å²) in [4.78, 5) is 21.9. The molecule has 1 amide bonds. The Kier molecular flexibility index (Phi) is 10.6. The number of thioether (sulfide) groups is 1. The highest BCUT2D eigenvalue weighted by atomic mass is 32.2. The molecular weight excluding hydrogens is 324 g/mol. The second-order valence-electron chi connectivity index (χ2n) is 3.26. The summed E-state index contributed by atoms with van der Waals surface area (Å²) in [5.74, 6) is 0.590. The first kappa shape index (κ1) is 18.9. The molecule has 5 nitrogen and oxygen atoms in total. The van der Waals surface area contributed by atoms with Gasteiger partial charge in [0.25, 0.3) is 0 Å². The van der Waals surface area contributed by atoms with Crippen molar-refractivity contribution in [1.29, 1.82) is 0 Å². The fraction of sp³-hybridized carbons (Fsp3) is 0.700. The summed E-state index contributed by atoms with van der Waals surface area (Å²) < 4.78 is 2.53. The fourth-order valence-corrected chi connectivity index (χ4v) is 4.41. The topological polar surface area (TPSA) is 69.6 Å². The van der Waals surface area contributed by atoms with E-state index in [0.717, 1.165) is 11.5 Å². The number of carboxylic acids is 1. The Morgan fingerprint density at radius 3 is 2.21 bits per heavy atom. The number of hydrogen-bond acceptors (Lipinski definition) is 6. The summed E-state index contributed by atoms with van der Waals surface area (Å²) in [6, 6.07) is -0.916. The molecule has 0 radical (unpaired) electrons. The number of amides is 1. The third-order valence-electron chi connectivity index (χ3n) is 1.69. The number of carbonyl (C=O) groups excluding carboxylic acids is 1. The van der Waals surface area contributed by atoms with E-state index >= 15 is 0 Å². The van der Waals surface area contributed by atoms with Crippen molar-refractivity contribution in [2.24, 2.45) is 0 Å². The lowest BCUT2D eigenvalue weighted by molar-refractivity contribution is -0.140. The van der Waals surface area contributed by atoms with E-state index in [1.165, 1.54) is 18.7 Å². The zero-order valence-electron chi connectivity index (χ0n) is 11.0. The smallest absolute Gasteiger partial charge is 0.327 e. The molecule has 0 spiro atoms. The molecule has 1 atom stereocenters. The van der Waals surface area contributed by atoms with Crippen molar-refractivity contribution in [3.63, 3.8) is 0 Å². The van der Waals surface area contributed by atoms with Crippen LogP contribution in [-0.2, 0) is 9.59 Å². The van der Waals surface area contributed by atoms with Gasteiger partial charge in [0.1, 0.15) is 6.04 Å². The standard InChI is InChI=1S/C10H18N2O3S4/c1-4-18-12(19-5-2)10(16)17-6-8(9(14)15)11-7(3)13/h8H,4-6H2,1-3H3,(H,11,13)(H,14,15)/t8-/m0/s1. The number of thiocarbonyl (C=S) groups is 1. The summed E-state index contributed by atoms with van der Waals surface area (Å²) in [7, 11) is 0. The van der Waals surface area contributed by atoms with Crippen LogP contribution in [0, 0.1) is 0 Å². The molecule has 0 aromatic carbocycles. The van der Waals surface area contributed by atoms with Crippen molar-refractivity contribution in [3.05, 3.63) is 0 Å². The van der Waals surface area contributed by atoms with Gasteiger partial charge in [0.2, 0.25) is 5.91 Å². The summed E-state index contributed by atoms with van der Waals surface area (Å²) in [5, 5.41) is 11.4. The highest BCUT2D eigenvalue weighted by molar-refractivity contribution is 8.27. The van der Waals surface area contributed by atoms with Crippen LogP contribution in [-0.4, -0.2) is 48.3 Å². The number of nitrogens with one attached hydrogen (secondary N) is 1. The van der Waals surface area contributed by atoms with Gasteiger partial charge in [0.05, 0.1) is 0 Å². The third-order valence-corrected chi connectivity index (χ3v) is 5.60. The third kappa shape index (κ3) is 8.61. The Morgan fingerprint density at radius 2 is 1.84 bits per heavy atom. The Hall–Kier alpha value is -0.120. The van der Waals surface area contributed by atoms with Gasteiger partial charge in [-0.2, -0.15) is 0 Å². The zero-order chi connectivity index (χ0) is 14.8. The van der Waals surface area contributed by atoms with Gasteiger partial charge >= 0.3 is 5.97 Å². The number of hydrogen-bond donors (Lipinski definition) is 2. The first-order chi connectivity index (χ1) is 8.92. The minimum Gasteiger partial charge on any atom is -0.480 e. The van der Waals surface area contributed by atoms with E-state index in [1.54, 1.807) is 23.9 Å². The molecule has 110 valence electrons. The van der Waals surface area contributed by atoms with Crippen LogP contribution in [0.4, 0.5) is 0 Å². The van der Waals surface area contributed by atoms with Gasteiger partial charge in [-0.25, -0.2) is 8.51 Å². The number of carbonyl (C=O) groups is 2. The van der Waals surface area contributed by atoms with Crippen LogP contribution < -0.4 is 5.32 Å². The van der Waals surface area contributed by atoms with Crippen LogP contribution in [0.2, 0.25) is 0 Å². The molecule has 0 saturated carbocycles. The number of nitrogens with zero attached hydrogens (tertiary/aromatic N) is 1. The monoisotopic (exact) mass is 342 g/mol. The van der Waals surface area contributed by atoms with Gasteiger partial charge in [-0.15, -0.1) is 0 Å². The van der Waals surface area contributed by atoms with Crippen LogP contribution in [0.5, 0.6) is 0 Å². The van der Waals surface area contributed by atoms with E-state index in [-0.39, 0.29) is 11.7 Å². The average Bonchev–Trinajstić information content (AvgIpc) is 2.33. The maximum atomic E-state index is 11.0. The first-order valence-electron chi connectivity index (χ1n) is 5.64. The quantitative estimate of drug-likeness (QED) is 0.514. The predicted octanol–water partition coefficient (Wildman–Crippen LogP) is 2.23. The molecule has 0 aromatic rings. The van der Waals surface area contributed by atoms with E-state index < -0.39 is 12.0 Å². The largest absolute Gasteiger partial charge is 0.480 e. The minimum absolute atomic E-state index is 0.221. The van der Waals surface area contributed by atoms with Crippen LogP contribution >= 0.6 is 47.9 Å². The van der Waals surface area contributed by atoms with Gasteiger partial charge in [-0.05, 0) is 23.9 Å². The molecule has 9 heteroatoms. The lowest BCUT2D eigenvalue weighted by atomic mass is 10.3. The van der Waals surface area contributed by atoms with Crippen LogP contribution in [0.3, 0.4) is 0 Å². The second-order valence-corrected chi connectivity index (χ2v) is 7.55. The minimum atomic E-state index is -1.05. The lowest BCUT2D eigenvalue weighted by Crippen LogP contribution is -2.41. The maximum Gasteiger partial charge on any atom is 0.327 e. The summed E-state index contributed by atoms with van der Waals surface area (Å²) >= 11 is 9.69. The predicted molar refractivity (Wildman–Crippen MR) is 88.4 cm³/mol. The van der Waals surface area contributed by atoms with E-state index in [9.17, 15) is 9.59 Å². The Bertz CT molecular complexity index is 322. The fourth-order valence-electron chi connectivity index (χ4n) is 1.00. The van der Waals surface area contributed by atoms with Crippen LogP contribution in [0.1, 0.15) is 20.8 Å². The molecule has 2 N–H and O–H groups in total. The summed E-state index contributed by atoms with van der Waals surface area (Å²) in [5.41, 5.74) is 0. The molecule has 0 bridgehead atoms. The average molecular weight is 343 g/mol. The highest BCUT2D eigenvalue weighted by Crippen LogP contribution is 2.27. The zero-order valence-corrected chi connectivity index (χ0v) is 14.3. The number of rotatable bonds is 8. The van der Waals surface area contributed by atoms with Gasteiger partial charge in [-0.1, -0.05) is 37.8 Å². The van der Waals surface area contributed by atoms with E-state index in [2.05, 4.69) is 5.32 Å². The number of aliphatic carboxylic acids is 1. The molecular formula is C10H18N2O3S4. The molecule has 0 aliphatic heterocycles. The van der Waals surface area contributed by atoms with Gasteiger partial charge in [0.15, 0.2) is 4.32 Å². The summed E-state index contributed by atoms with van der Waals surface area (Å²) in [6.45, 7) is 5.35. The van der Waals surface area contributed by atoms with Gasteiger partial charge < -0.3 is 10.4 Å². The second kappa shape index (κ2) is 10.6. The Balaban J connectivity index is 4.35. The normalized spacial score (nSPS) is 11.7. The van der Waals surface area contributed by atoms with E-state index in [4.69, 9.17) is 17.3 Å². The molecule has 0 unspecified atom stereocenters. The molecule has 0 fully saturated rings. The number of carboxylic acid groups (broad SMARTS) is 1. The van der Waals surface area contributed by atoms with Crippen molar-refractivity contribution in [2.45, 2.75) is 26.8 Å². The SMILES string of the molecule is CCSN(SCC)C(=S)SC[C@H](NC(C)=O)C(=O)O. The van der Waals surface area contributed by atoms with Crippen molar-refractivity contribution in [2.75, 3.05) is 17.3 Å².